The molecule has 0 saturated carbocycles. The van der Waals surface area contributed by atoms with E-state index in [2.05, 4.69) is 15.5 Å². The van der Waals surface area contributed by atoms with Crippen LogP contribution in [-0.4, -0.2) is 35.2 Å². The highest BCUT2D eigenvalue weighted by Gasteiger charge is 2.10. The van der Waals surface area contributed by atoms with Crippen LogP contribution < -0.4 is 5.32 Å². The summed E-state index contributed by atoms with van der Waals surface area (Å²) in [5, 5.41) is 6.26. The molecule has 1 aromatic rings. The van der Waals surface area contributed by atoms with Gasteiger partial charge in [-0.3, -0.25) is 9.59 Å². The van der Waals surface area contributed by atoms with Crippen molar-refractivity contribution in [1.29, 1.82) is 0 Å². The topological polar surface area (TPSA) is 94.3 Å². The van der Waals surface area contributed by atoms with Gasteiger partial charge in [0.05, 0.1) is 6.61 Å². The zero-order valence-corrected chi connectivity index (χ0v) is 11.3. The molecular formula is C12H19N3O4. The van der Waals surface area contributed by atoms with Gasteiger partial charge in [-0.1, -0.05) is 12.1 Å². The van der Waals surface area contributed by atoms with Crippen molar-refractivity contribution in [3.8, 4) is 0 Å². The average molecular weight is 269 g/mol. The number of rotatable bonds is 8. The number of carbonyl (C=O) groups excluding carboxylic acids is 2. The molecule has 7 heteroatoms. The van der Waals surface area contributed by atoms with Crippen LogP contribution in [-0.2, 0) is 27.2 Å². The lowest BCUT2D eigenvalue weighted by molar-refractivity contribution is -0.143. The second-order valence-electron chi connectivity index (χ2n) is 3.94. The van der Waals surface area contributed by atoms with Gasteiger partial charge in [0.1, 0.15) is 6.54 Å². The van der Waals surface area contributed by atoms with E-state index >= 15 is 0 Å². The number of carbonyl (C=O) groups is 2. The molecule has 1 heterocycles. The molecule has 0 radical (unpaired) electrons. The average Bonchev–Trinajstić information content (AvgIpc) is 2.82. The molecule has 0 aliphatic heterocycles. The summed E-state index contributed by atoms with van der Waals surface area (Å²) in [4.78, 5) is 26.6. The first kappa shape index (κ1) is 15.1. The molecule has 0 aromatic carbocycles. The Morgan fingerprint density at radius 1 is 1.32 bits per heavy atom. The van der Waals surface area contributed by atoms with Crippen molar-refractivity contribution in [3.63, 3.8) is 0 Å². The molecule has 0 fully saturated rings. The molecule has 1 aromatic heterocycles. The lowest BCUT2D eigenvalue weighted by Gasteiger charge is -2.03. The Hall–Kier alpha value is -1.92. The Bertz CT molecular complexity index is 417. The van der Waals surface area contributed by atoms with E-state index < -0.39 is 5.97 Å². The molecule has 19 heavy (non-hydrogen) atoms. The van der Waals surface area contributed by atoms with Gasteiger partial charge in [-0.2, -0.15) is 4.98 Å². The minimum Gasteiger partial charge on any atom is -0.465 e. The van der Waals surface area contributed by atoms with E-state index in [1.54, 1.807) is 6.92 Å². The Balaban J connectivity index is 2.23. The van der Waals surface area contributed by atoms with Crippen LogP contribution in [0.1, 0.15) is 38.4 Å². The summed E-state index contributed by atoms with van der Waals surface area (Å²) in [6, 6.07) is 0. The number of aromatic nitrogens is 2. The Kier molecular flexibility index (Phi) is 6.56. The van der Waals surface area contributed by atoms with Gasteiger partial charge < -0.3 is 14.6 Å². The molecule has 0 unspecified atom stereocenters. The fraction of sp³-hybridized carbons (Fsp3) is 0.667. The van der Waals surface area contributed by atoms with Gasteiger partial charge in [0, 0.05) is 19.3 Å². The van der Waals surface area contributed by atoms with Crippen LogP contribution in [0.5, 0.6) is 0 Å². The van der Waals surface area contributed by atoms with Crippen molar-refractivity contribution in [2.45, 2.75) is 39.5 Å². The summed E-state index contributed by atoms with van der Waals surface area (Å²) in [7, 11) is 0. The summed E-state index contributed by atoms with van der Waals surface area (Å²) in [5.74, 6) is 0.404. The molecule has 1 rings (SSSR count). The standard InChI is InChI=1S/C12H19N3O4/c1-3-5-9-14-11(19-15-9)7-6-10(16)13-8-12(17)18-4-2/h3-8H2,1-2H3,(H,13,16). The van der Waals surface area contributed by atoms with Crippen molar-refractivity contribution in [1.82, 2.24) is 15.5 Å². The first-order chi connectivity index (χ1) is 9.15. The summed E-state index contributed by atoms with van der Waals surface area (Å²) in [6.07, 6.45) is 2.27. The van der Waals surface area contributed by atoms with E-state index in [9.17, 15) is 9.59 Å². The van der Waals surface area contributed by atoms with E-state index in [0.29, 0.717) is 24.7 Å². The quantitative estimate of drug-likeness (QED) is 0.696. The van der Waals surface area contributed by atoms with Crippen molar-refractivity contribution in [2.75, 3.05) is 13.2 Å². The van der Waals surface area contributed by atoms with E-state index in [4.69, 9.17) is 9.26 Å². The molecule has 1 N–H and O–H groups in total. The van der Waals surface area contributed by atoms with Gasteiger partial charge in [-0.15, -0.1) is 0 Å². The lowest BCUT2D eigenvalue weighted by Crippen LogP contribution is -2.30. The van der Waals surface area contributed by atoms with E-state index in [1.165, 1.54) is 0 Å². The van der Waals surface area contributed by atoms with Gasteiger partial charge in [-0.25, -0.2) is 0 Å². The summed E-state index contributed by atoms with van der Waals surface area (Å²) in [6.45, 7) is 3.93. The predicted octanol–water partition coefficient (Wildman–Crippen LogP) is 0.634. The minimum atomic E-state index is -0.445. The van der Waals surface area contributed by atoms with Crippen LogP contribution in [0.15, 0.2) is 4.52 Å². The van der Waals surface area contributed by atoms with E-state index in [-0.39, 0.29) is 18.9 Å². The number of hydrogen-bond acceptors (Lipinski definition) is 6. The molecule has 7 nitrogen and oxygen atoms in total. The van der Waals surface area contributed by atoms with Crippen LogP contribution in [0.3, 0.4) is 0 Å². The maximum Gasteiger partial charge on any atom is 0.325 e. The highest BCUT2D eigenvalue weighted by atomic mass is 16.5. The van der Waals surface area contributed by atoms with Crippen molar-refractivity contribution < 1.29 is 18.8 Å². The highest BCUT2D eigenvalue weighted by Crippen LogP contribution is 2.02. The van der Waals surface area contributed by atoms with Gasteiger partial charge in [0.15, 0.2) is 5.82 Å². The zero-order chi connectivity index (χ0) is 14.1. The van der Waals surface area contributed by atoms with Gasteiger partial charge in [0.25, 0.3) is 0 Å². The number of nitrogens with zero attached hydrogens (tertiary/aromatic N) is 2. The minimum absolute atomic E-state index is 0.114. The number of aryl methyl sites for hydroxylation is 2. The van der Waals surface area contributed by atoms with Crippen LogP contribution in [0, 0.1) is 0 Å². The third-order valence-electron chi connectivity index (χ3n) is 2.28. The SMILES string of the molecule is CCCc1noc(CCC(=O)NCC(=O)OCC)n1. The molecule has 106 valence electrons. The number of hydrogen-bond donors (Lipinski definition) is 1. The van der Waals surface area contributed by atoms with Crippen molar-refractivity contribution in [2.24, 2.45) is 0 Å². The predicted molar refractivity (Wildman–Crippen MR) is 66.3 cm³/mol. The van der Waals surface area contributed by atoms with Gasteiger partial charge in [0.2, 0.25) is 11.8 Å². The third-order valence-corrected chi connectivity index (χ3v) is 2.28. The van der Waals surface area contributed by atoms with Crippen LogP contribution in [0.4, 0.5) is 0 Å². The molecular weight excluding hydrogens is 250 g/mol. The molecule has 0 saturated heterocycles. The summed E-state index contributed by atoms with van der Waals surface area (Å²) >= 11 is 0. The number of esters is 1. The molecule has 0 spiro atoms. The molecule has 0 atom stereocenters. The zero-order valence-electron chi connectivity index (χ0n) is 11.3. The fourth-order valence-electron chi connectivity index (χ4n) is 1.41. The molecule has 0 bridgehead atoms. The van der Waals surface area contributed by atoms with Crippen molar-refractivity contribution in [3.05, 3.63) is 11.7 Å². The van der Waals surface area contributed by atoms with E-state index in [0.717, 1.165) is 12.8 Å². The van der Waals surface area contributed by atoms with Gasteiger partial charge in [-0.05, 0) is 13.3 Å². The summed E-state index contributed by atoms with van der Waals surface area (Å²) < 4.78 is 9.69. The van der Waals surface area contributed by atoms with Gasteiger partial charge >= 0.3 is 5.97 Å². The number of ether oxygens (including phenoxy) is 1. The Morgan fingerprint density at radius 2 is 2.11 bits per heavy atom. The Labute approximate surface area is 111 Å². The van der Waals surface area contributed by atoms with E-state index in [1.807, 2.05) is 6.92 Å². The maximum absolute atomic E-state index is 11.4. The summed E-state index contributed by atoms with van der Waals surface area (Å²) in [5.41, 5.74) is 0. The molecule has 0 aliphatic rings. The second-order valence-corrected chi connectivity index (χ2v) is 3.94. The normalized spacial score (nSPS) is 10.2. The largest absolute Gasteiger partial charge is 0.465 e. The maximum atomic E-state index is 11.4. The third kappa shape index (κ3) is 5.98. The van der Waals surface area contributed by atoms with Crippen LogP contribution in [0.2, 0.25) is 0 Å². The molecule has 1 amide bonds. The van der Waals surface area contributed by atoms with Crippen LogP contribution in [0.25, 0.3) is 0 Å². The molecule has 0 aliphatic carbocycles. The monoisotopic (exact) mass is 269 g/mol. The smallest absolute Gasteiger partial charge is 0.325 e. The highest BCUT2D eigenvalue weighted by molar-refractivity contribution is 5.81. The Morgan fingerprint density at radius 3 is 2.79 bits per heavy atom. The fourth-order valence-corrected chi connectivity index (χ4v) is 1.41. The number of amides is 1. The number of nitrogens with one attached hydrogen (secondary N) is 1. The first-order valence-electron chi connectivity index (χ1n) is 6.39. The lowest BCUT2D eigenvalue weighted by atomic mass is 10.3. The first-order valence-corrected chi connectivity index (χ1v) is 6.39. The second kappa shape index (κ2) is 8.23. The van der Waals surface area contributed by atoms with Crippen LogP contribution >= 0.6 is 0 Å². The van der Waals surface area contributed by atoms with Crippen molar-refractivity contribution >= 4 is 11.9 Å².